The van der Waals surface area contributed by atoms with E-state index >= 15 is 0 Å². The van der Waals surface area contributed by atoms with Gasteiger partial charge in [0.05, 0.1) is 12.5 Å². The summed E-state index contributed by atoms with van der Waals surface area (Å²) in [7, 11) is 1.39. The molecule has 1 aliphatic carbocycles. The van der Waals surface area contributed by atoms with Crippen LogP contribution in [0, 0.1) is 0 Å². The van der Waals surface area contributed by atoms with Crippen LogP contribution in [-0.2, 0) is 5.41 Å². The minimum Gasteiger partial charge on any atom is -0.496 e. The zero-order valence-corrected chi connectivity index (χ0v) is 10.2. The van der Waals surface area contributed by atoms with Crippen molar-refractivity contribution in [3.8, 4) is 5.75 Å². The van der Waals surface area contributed by atoms with Gasteiger partial charge in [0, 0.05) is 10.0 Å². The molecule has 0 aromatic heterocycles. The van der Waals surface area contributed by atoms with Gasteiger partial charge >= 0.3 is 6.18 Å². The van der Waals surface area contributed by atoms with Gasteiger partial charge in [-0.3, -0.25) is 0 Å². The molecule has 1 saturated carbocycles. The summed E-state index contributed by atoms with van der Waals surface area (Å²) in [5.74, 6) is 0.296. The second kappa shape index (κ2) is 3.65. The van der Waals surface area contributed by atoms with E-state index in [9.17, 15) is 13.2 Å². The lowest BCUT2D eigenvalue weighted by Crippen LogP contribution is -2.29. The fourth-order valence-electron chi connectivity index (χ4n) is 1.89. The first kappa shape index (κ1) is 11.8. The molecule has 0 N–H and O–H groups in total. The number of hydrogen-bond acceptors (Lipinski definition) is 1. The van der Waals surface area contributed by atoms with Crippen LogP contribution in [0.2, 0.25) is 0 Å². The lowest BCUT2D eigenvalue weighted by atomic mass is 9.94. The first-order valence-electron chi connectivity index (χ1n) is 4.81. The molecule has 16 heavy (non-hydrogen) atoms. The fraction of sp³-hybridized carbons (Fsp3) is 0.455. The molecule has 1 nitrogen and oxygen atoms in total. The Hall–Kier alpha value is -0.710. The van der Waals surface area contributed by atoms with E-state index in [0.29, 0.717) is 10.2 Å². The summed E-state index contributed by atoms with van der Waals surface area (Å²) in [5, 5.41) is 0. The van der Waals surface area contributed by atoms with Crippen LogP contribution < -0.4 is 4.74 Å². The van der Waals surface area contributed by atoms with E-state index in [0.717, 1.165) is 0 Å². The zero-order valence-electron chi connectivity index (χ0n) is 8.57. The maximum Gasteiger partial charge on any atom is 0.398 e. The van der Waals surface area contributed by atoms with Gasteiger partial charge in [-0.2, -0.15) is 13.2 Å². The Morgan fingerprint density at radius 1 is 1.31 bits per heavy atom. The van der Waals surface area contributed by atoms with Crippen LogP contribution in [-0.4, -0.2) is 13.3 Å². The maximum absolute atomic E-state index is 12.9. The maximum atomic E-state index is 12.9. The van der Waals surface area contributed by atoms with E-state index < -0.39 is 11.6 Å². The lowest BCUT2D eigenvalue weighted by Gasteiger charge is -2.21. The highest BCUT2D eigenvalue weighted by molar-refractivity contribution is 9.10. The lowest BCUT2D eigenvalue weighted by molar-refractivity contribution is -0.160. The van der Waals surface area contributed by atoms with Gasteiger partial charge in [0.15, 0.2) is 0 Å². The third-order valence-electron chi connectivity index (χ3n) is 2.97. The van der Waals surface area contributed by atoms with Gasteiger partial charge in [0.25, 0.3) is 0 Å². The molecule has 0 radical (unpaired) electrons. The number of methoxy groups -OCH3 is 1. The molecular weight excluding hydrogens is 285 g/mol. The molecule has 0 amide bonds. The quantitative estimate of drug-likeness (QED) is 0.799. The third kappa shape index (κ3) is 1.71. The molecule has 88 valence electrons. The summed E-state index contributed by atoms with van der Waals surface area (Å²) >= 11 is 3.21. The Morgan fingerprint density at radius 3 is 2.38 bits per heavy atom. The topological polar surface area (TPSA) is 9.23 Å². The zero-order chi connectivity index (χ0) is 12.0. The highest BCUT2D eigenvalue weighted by Crippen LogP contribution is 2.60. The normalized spacial score (nSPS) is 18.3. The van der Waals surface area contributed by atoms with Gasteiger partial charge in [-0.05, 0) is 25.0 Å². The fourth-order valence-corrected chi connectivity index (χ4v) is 2.23. The number of rotatable bonds is 2. The minimum atomic E-state index is -4.20. The van der Waals surface area contributed by atoms with Crippen LogP contribution >= 0.6 is 15.9 Å². The summed E-state index contributed by atoms with van der Waals surface area (Å²) in [4.78, 5) is 0. The van der Waals surface area contributed by atoms with Crippen molar-refractivity contribution >= 4 is 15.9 Å². The molecular formula is C11H10BrF3O. The monoisotopic (exact) mass is 294 g/mol. The van der Waals surface area contributed by atoms with Crippen molar-refractivity contribution in [1.82, 2.24) is 0 Å². The second-order valence-electron chi connectivity index (χ2n) is 3.92. The van der Waals surface area contributed by atoms with Crippen molar-refractivity contribution in [2.24, 2.45) is 0 Å². The van der Waals surface area contributed by atoms with Crippen molar-refractivity contribution in [2.75, 3.05) is 7.11 Å². The van der Waals surface area contributed by atoms with Crippen LogP contribution in [0.25, 0.3) is 0 Å². The number of halogens is 4. The smallest absolute Gasteiger partial charge is 0.398 e. The van der Waals surface area contributed by atoms with Crippen LogP contribution in [0.1, 0.15) is 18.4 Å². The standard InChI is InChI=1S/C11H10BrF3O/c1-16-9-6-7(12)2-3-8(9)10(4-5-10)11(13,14)15/h2-3,6H,4-5H2,1H3. The summed E-state index contributed by atoms with van der Waals surface area (Å²) in [6.07, 6.45) is -3.91. The average Bonchev–Trinajstić information content (AvgIpc) is 2.97. The molecule has 0 bridgehead atoms. The van der Waals surface area contributed by atoms with Gasteiger partial charge in [-0.25, -0.2) is 0 Å². The molecule has 5 heteroatoms. The molecule has 1 aromatic rings. The second-order valence-corrected chi connectivity index (χ2v) is 4.84. The Labute approximate surface area is 99.7 Å². The number of alkyl halides is 3. The molecule has 2 rings (SSSR count). The Morgan fingerprint density at radius 2 is 1.94 bits per heavy atom. The summed E-state index contributed by atoms with van der Waals surface area (Å²) in [6, 6.07) is 4.67. The Kier molecular flexibility index (Phi) is 2.69. The summed E-state index contributed by atoms with van der Waals surface area (Å²) in [5.41, 5.74) is -1.44. The van der Waals surface area contributed by atoms with Crippen molar-refractivity contribution < 1.29 is 17.9 Å². The van der Waals surface area contributed by atoms with Crippen LogP contribution in [0.3, 0.4) is 0 Å². The molecule has 0 saturated heterocycles. The first-order valence-corrected chi connectivity index (χ1v) is 5.61. The van der Waals surface area contributed by atoms with Crippen molar-refractivity contribution in [3.05, 3.63) is 28.2 Å². The van der Waals surface area contributed by atoms with E-state index in [4.69, 9.17) is 4.74 Å². The molecule has 1 aromatic carbocycles. The number of benzene rings is 1. The molecule has 0 aliphatic heterocycles. The molecule has 0 atom stereocenters. The molecule has 0 heterocycles. The highest BCUT2D eigenvalue weighted by atomic mass is 79.9. The van der Waals surface area contributed by atoms with Gasteiger partial charge in [-0.1, -0.05) is 22.0 Å². The van der Waals surface area contributed by atoms with E-state index in [1.54, 1.807) is 12.1 Å². The van der Waals surface area contributed by atoms with Crippen LogP contribution in [0.4, 0.5) is 13.2 Å². The number of ether oxygens (including phenoxy) is 1. The third-order valence-corrected chi connectivity index (χ3v) is 3.47. The van der Waals surface area contributed by atoms with Crippen LogP contribution in [0.5, 0.6) is 5.75 Å². The van der Waals surface area contributed by atoms with E-state index in [-0.39, 0.29) is 18.4 Å². The largest absolute Gasteiger partial charge is 0.496 e. The Bertz CT molecular complexity index is 410. The van der Waals surface area contributed by atoms with Gasteiger partial charge in [0.2, 0.25) is 0 Å². The summed E-state index contributed by atoms with van der Waals surface area (Å²) in [6.45, 7) is 0. The predicted molar refractivity (Wildman–Crippen MR) is 57.7 cm³/mol. The molecule has 1 aliphatic rings. The summed E-state index contributed by atoms with van der Waals surface area (Å²) < 4.78 is 44.5. The molecule has 1 fully saturated rings. The Balaban J connectivity index is 2.49. The minimum absolute atomic E-state index is 0.147. The molecule has 0 unspecified atom stereocenters. The SMILES string of the molecule is COc1cc(Br)ccc1C1(C(F)(F)F)CC1. The first-order chi connectivity index (χ1) is 7.40. The van der Waals surface area contributed by atoms with Crippen molar-refractivity contribution in [3.63, 3.8) is 0 Å². The van der Waals surface area contributed by atoms with E-state index in [1.165, 1.54) is 13.2 Å². The predicted octanol–water partition coefficient (Wildman–Crippen LogP) is 4.05. The highest BCUT2D eigenvalue weighted by Gasteiger charge is 2.65. The van der Waals surface area contributed by atoms with Crippen molar-refractivity contribution in [2.45, 2.75) is 24.4 Å². The van der Waals surface area contributed by atoms with Gasteiger partial charge < -0.3 is 4.74 Å². The van der Waals surface area contributed by atoms with Crippen molar-refractivity contribution in [1.29, 1.82) is 0 Å². The van der Waals surface area contributed by atoms with Gasteiger partial charge in [-0.15, -0.1) is 0 Å². The van der Waals surface area contributed by atoms with Gasteiger partial charge in [0.1, 0.15) is 5.75 Å². The van der Waals surface area contributed by atoms with Crippen LogP contribution in [0.15, 0.2) is 22.7 Å². The van der Waals surface area contributed by atoms with E-state index in [2.05, 4.69) is 15.9 Å². The average molecular weight is 295 g/mol. The molecule has 0 spiro atoms. The van der Waals surface area contributed by atoms with E-state index in [1.807, 2.05) is 0 Å². The number of hydrogen-bond donors (Lipinski definition) is 0.